The van der Waals surface area contributed by atoms with Crippen molar-refractivity contribution in [2.45, 2.75) is 38.5 Å². The summed E-state index contributed by atoms with van der Waals surface area (Å²) in [5.41, 5.74) is 0. The van der Waals surface area contributed by atoms with Crippen molar-refractivity contribution in [3.63, 3.8) is 0 Å². The molecule has 0 saturated carbocycles. The molecule has 0 aromatic carbocycles. The molecule has 1 heterocycles. The van der Waals surface area contributed by atoms with Crippen molar-refractivity contribution >= 4 is 23.5 Å². The Kier molecular flexibility index (Phi) is 5.75. The second-order valence-electron chi connectivity index (χ2n) is 4.38. The molecule has 1 saturated heterocycles. The molecule has 4 nitrogen and oxygen atoms in total. The van der Waals surface area contributed by atoms with Crippen LogP contribution in [0.4, 0.5) is 0 Å². The molecule has 1 fully saturated rings. The molecule has 0 aromatic heterocycles. The smallest absolute Gasteiger partial charge is 0.309 e. The van der Waals surface area contributed by atoms with Crippen molar-refractivity contribution in [2.24, 2.45) is 5.92 Å². The van der Waals surface area contributed by atoms with Crippen LogP contribution < -0.4 is 0 Å². The van der Waals surface area contributed by atoms with Gasteiger partial charge in [0.05, 0.1) is 12.5 Å². The first-order chi connectivity index (χ1) is 8.06. The Hall–Kier alpha value is -0.770. The van der Waals surface area contributed by atoms with Gasteiger partial charge in [-0.05, 0) is 26.2 Å². The second-order valence-corrected chi connectivity index (χ2v) is 5.04. The second kappa shape index (κ2) is 6.84. The number of likely N-dealkylation sites (tertiary alicyclic amines) is 1. The van der Waals surface area contributed by atoms with Crippen molar-refractivity contribution in [3.8, 4) is 0 Å². The van der Waals surface area contributed by atoms with E-state index in [1.165, 1.54) is 0 Å². The summed E-state index contributed by atoms with van der Waals surface area (Å²) in [6, 6.07) is 0. The van der Waals surface area contributed by atoms with Crippen molar-refractivity contribution < 1.29 is 14.3 Å². The number of carbonyl (C=O) groups is 2. The number of alkyl halides is 1. The Morgan fingerprint density at radius 2 is 2.00 bits per heavy atom. The summed E-state index contributed by atoms with van der Waals surface area (Å²) in [5.74, 6) is -0.235. The summed E-state index contributed by atoms with van der Waals surface area (Å²) < 4.78 is 5.11. The molecule has 0 aliphatic carbocycles. The van der Waals surface area contributed by atoms with E-state index < -0.39 is 5.38 Å². The highest BCUT2D eigenvalue weighted by molar-refractivity contribution is 6.30. The Morgan fingerprint density at radius 3 is 2.47 bits per heavy atom. The third-order valence-corrected chi connectivity index (χ3v) is 3.12. The van der Waals surface area contributed by atoms with Gasteiger partial charge in [-0.25, -0.2) is 0 Å². The molecule has 1 aliphatic heterocycles. The SMILES string of the molecule is CCCOC(=O)C1CCN(C(=O)C(C)Cl)CC1. The predicted octanol–water partition coefficient (Wildman–Crippen LogP) is 1.81. The number of amides is 1. The third kappa shape index (κ3) is 4.19. The summed E-state index contributed by atoms with van der Waals surface area (Å²) in [7, 11) is 0. The van der Waals surface area contributed by atoms with Crippen molar-refractivity contribution in [2.75, 3.05) is 19.7 Å². The number of hydrogen-bond acceptors (Lipinski definition) is 3. The minimum atomic E-state index is -0.487. The average molecular weight is 262 g/mol. The maximum Gasteiger partial charge on any atom is 0.309 e. The minimum absolute atomic E-state index is 0.0490. The highest BCUT2D eigenvalue weighted by atomic mass is 35.5. The lowest BCUT2D eigenvalue weighted by Gasteiger charge is -2.31. The number of rotatable bonds is 4. The quantitative estimate of drug-likeness (QED) is 0.573. The lowest BCUT2D eigenvalue weighted by atomic mass is 9.97. The third-order valence-electron chi connectivity index (χ3n) is 2.93. The van der Waals surface area contributed by atoms with Crippen LogP contribution in [0.3, 0.4) is 0 Å². The molecule has 1 amide bonds. The zero-order chi connectivity index (χ0) is 12.8. The van der Waals surface area contributed by atoms with E-state index in [1.54, 1.807) is 11.8 Å². The lowest BCUT2D eigenvalue weighted by Crippen LogP contribution is -2.43. The standard InChI is InChI=1S/C12H20ClNO3/c1-3-8-17-12(16)10-4-6-14(7-5-10)11(15)9(2)13/h9-10H,3-8H2,1-2H3. The van der Waals surface area contributed by atoms with Crippen molar-refractivity contribution in [1.29, 1.82) is 0 Å². The van der Waals surface area contributed by atoms with Crippen LogP contribution >= 0.6 is 11.6 Å². The number of carbonyl (C=O) groups excluding carboxylic acids is 2. The van der Waals surface area contributed by atoms with E-state index in [-0.39, 0.29) is 17.8 Å². The van der Waals surface area contributed by atoms with Crippen molar-refractivity contribution in [3.05, 3.63) is 0 Å². The summed E-state index contributed by atoms with van der Waals surface area (Å²) in [4.78, 5) is 25.0. The fourth-order valence-corrected chi connectivity index (χ4v) is 2.05. The molecule has 1 atom stereocenters. The number of piperidine rings is 1. The van der Waals surface area contributed by atoms with Crippen LogP contribution in [0.25, 0.3) is 0 Å². The van der Waals surface area contributed by atoms with Gasteiger partial charge in [0, 0.05) is 13.1 Å². The van der Waals surface area contributed by atoms with Crippen LogP contribution in [-0.2, 0) is 14.3 Å². The number of halogens is 1. The van der Waals surface area contributed by atoms with Gasteiger partial charge in [0.15, 0.2) is 0 Å². The number of hydrogen-bond donors (Lipinski definition) is 0. The fraction of sp³-hybridized carbons (Fsp3) is 0.833. The molecular weight excluding hydrogens is 242 g/mol. The highest BCUT2D eigenvalue weighted by Crippen LogP contribution is 2.20. The van der Waals surface area contributed by atoms with Crippen LogP contribution in [0, 0.1) is 5.92 Å². The average Bonchev–Trinajstić information content (AvgIpc) is 2.35. The van der Waals surface area contributed by atoms with Crippen LogP contribution in [0.5, 0.6) is 0 Å². The van der Waals surface area contributed by atoms with Crippen LogP contribution in [0.1, 0.15) is 33.1 Å². The molecule has 0 N–H and O–H groups in total. The van der Waals surface area contributed by atoms with Crippen LogP contribution in [0.15, 0.2) is 0 Å². The van der Waals surface area contributed by atoms with E-state index in [0.717, 1.165) is 6.42 Å². The summed E-state index contributed by atoms with van der Waals surface area (Å²) in [6.45, 7) is 5.32. The molecule has 0 bridgehead atoms. The number of nitrogens with zero attached hydrogens (tertiary/aromatic N) is 1. The fourth-order valence-electron chi connectivity index (χ4n) is 1.91. The molecule has 0 radical (unpaired) electrons. The Bertz CT molecular complexity index is 273. The largest absolute Gasteiger partial charge is 0.465 e. The maximum atomic E-state index is 11.6. The molecule has 1 unspecified atom stereocenters. The molecular formula is C12H20ClNO3. The topological polar surface area (TPSA) is 46.6 Å². The van der Waals surface area contributed by atoms with Gasteiger partial charge in [-0.15, -0.1) is 11.6 Å². The monoisotopic (exact) mass is 261 g/mol. The lowest BCUT2D eigenvalue weighted by molar-refractivity contribution is -0.151. The van der Waals surface area contributed by atoms with Gasteiger partial charge >= 0.3 is 5.97 Å². The molecule has 1 rings (SSSR count). The Labute approximate surface area is 107 Å². The molecule has 98 valence electrons. The molecule has 17 heavy (non-hydrogen) atoms. The van der Waals surface area contributed by atoms with Gasteiger partial charge in [0.1, 0.15) is 5.38 Å². The van der Waals surface area contributed by atoms with Gasteiger partial charge < -0.3 is 9.64 Å². The highest BCUT2D eigenvalue weighted by Gasteiger charge is 2.29. The van der Waals surface area contributed by atoms with E-state index in [4.69, 9.17) is 16.3 Å². The zero-order valence-electron chi connectivity index (χ0n) is 10.4. The van der Waals surface area contributed by atoms with E-state index in [9.17, 15) is 9.59 Å². The first-order valence-corrected chi connectivity index (χ1v) is 6.59. The van der Waals surface area contributed by atoms with Gasteiger partial charge in [-0.2, -0.15) is 0 Å². The van der Waals surface area contributed by atoms with Gasteiger partial charge in [-0.3, -0.25) is 9.59 Å². The molecule has 5 heteroatoms. The summed E-state index contributed by atoms with van der Waals surface area (Å²) >= 11 is 5.75. The molecule has 0 spiro atoms. The van der Waals surface area contributed by atoms with E-state index in [0.29, 0.717) is 32.5 Å². The first-order valence-electron chi connectivity index (χ1n) is 6.15. The first kappa shape index (κ1) is 14.3. The number of ether oxygens (including phenoxy) is 1. The van der Waals surface area contributed by atoms with Gasteiger partial charge in [-0.1, -0.05) is 6.92 Å². The summed E-state index contributed by atoms with van der Waals surface area (Å²) in [6.07, 6.45) is 2.20. The van der Waals surface area contributed by atoms with Gasteiger partial charge in [0.2, 0.25) is 5.91 Å². The molecule has 1 aliphatic rings. The molecule has 0 aromatic rings. The minimum Gasteiger partial charge on any atom is -0.465 e. The van der Waals surface area contributed by atoms with Crippen LogP contribution in [0.2, 0.25) is 0 Å². The van der Waals surface area contributed by atoms with E-state index in [1.807, 2.05) is 6.92 Å². The van der Waals surface area contributed by atoms with E-state index >= 15 is 0 Å². The van der Waals surface area contributed by atoms with Crippen LogP contribution in [-0.4, -0.2) is 41.8 Å². The Balaban J connectivity index is 2.35. The predicted molar refractivity (Wildman–Crippen MR) is 65.9 cm³/mol. The zero-order valence-corrected chi connectivity index (χ0v) is 11.2. The van der Waals surface area contributed by atoms with Crippen molar-refractivity contribution in [1.82, 2.24) is 4.90 Å². The number of esters is 1. The van der Waals surface area contributed by atoms with E-state index in [2.05, 4.69) is 0 Å². The van der Waals surface area contributed by atoms with Gasteiger partial charge in [0.25, 0.3) is 0 Å². The maximum absolute atomic E-state index is 11.6. The normalized spacial score (nSPS) is 18.9. The Morgan fingerprint density at radius 1 is 1.41 bits per heavy atom. The summed E-state index contributed by atoms with van der Waals surface area (Å²) in [5, 5.41) is -0.487.